The number of aryl methyl sites for hydroxylation is 1. The first-order valence-electron chi connectivity index (χ1n) is 4.96. The fourth-order valence-electron chi connectivity index (χ4n) is 1.42. The standard InChI is InChI=1S/C12H10ClFN2O/c1-7-10(14)11(13)16-12(15-7)8-4-3-5-9(6-8)17-2/h3-6H,1-2H3. The fraction of sp³-hybridized carbons (Fsp3) is 0.167. The van der Waals surface area contributed by atoms with Crippen LogP contribution in [-0.2, 0) is 0 Å². The van der Waals surface area contributed by atoms with Gasteiger partial charge in [-0.1, -0.05) is 23.7 Å². The molecule has 2 rings (SSSR count). The first-order chi connectivity index (χ1) is 8.11. The van der Waals surface area contributed by atoms with Crippen LogP contribution in [0.2, 0.25) is 5.15 Å². The predicted molar refractivity (Wildman–Crippen MR) is 63.7 cm³/mol. The summed E-state index contributed by atoms with van der Waals surface area (Å²) in [4.78, 5) is 7.96. The van der Waals surface area contributed by atoms with Gasteiger partial charge in [0.15, 0.2) is 16.8 Å². The summed E-state index contributed by atoms with van der Waals surface area (Å²) < 4.78 is 18.4. The summed E-state index contributed by atoms with van der Waals surface area (Å²) in [5.41, 5.74) is 0.956. The van der Waals surface area contributed by atoms with Gasteiger partial charge in [-0.05, 0) is 19.1 Å². The van der Waals surface area contributed by atoms with Crippen LogP contribution >= 0.6 is 11.6 Å². The largest absolute Gasteiger partial charge is 0.497 e. The lowest BCUT2D eigenvalue weighted by atomic mass is 10.2. The SMILES string of the molecule is COc1cccc(-c2nc(C)c(F)c(Cl)n2)c1. The van der Waals surface area contributed by atoms with Crippen LogP contribution in [0.15, 0.2) is 24.3 Å². The Balaban J connectivity index is 2.52. The van der Waals surface area contributed by atoms with E-state index in [1.165, 1.54) is 0 Å². The van der Waals surface area contributed by atoms with Crippen molar-refractivity contribution >= 4 is 11.6 Å². The molecule has 88 valence electrons. The molecule has 0 fully saturated rings. The molecule has 2 aromatic rings. The number of nitrogens with zero attached hydrogens (tertiary/aromatic N) is 2. The molecule has 0 saturated heterocycles. The molecule has 17 heavy (non-hydrogen) atoms. The number of methoxy groups -OCH3 is 1. The topological polar surface area (TPSA) is 35.0 Å². The van der Waals surface area contributed by atoms with Crippen molar-refractivity contribution in [1.29, 1.82) is 0 Å². The minimum Gasteiger partial charge on any atom is -0.497 e. The second-order valence-corrected chi connectivity index (χ2v) is 3.83. The van der Waals surface area contributed by atoms with Crippen molar-refractivity contribution in [2.45, 2.75) is 6.92 Å². The average Bonchev–Trinajstić information content (AvgIpc) is 2.35. The third-order valence-electron chi connectivity index (χ3n) is 2.30. The molecule has 0 amide bonds. The van der Waals surface area contributed by atoms with E-state index >= 15 is 0 Å². The van der Waals surface area contributed by atoms with Gasteiger partial charge in [0.1, 0.15) is 5.75 Å². The van der Waals surface area contributed by atoms with Crippen molar-refractivity contribution < 1.29 is 9.13 Å². The third kappa shape index (κ3) is 2.36. The predicted octanol–water partition coefficient (Wildman–Crippen LogP) is 3.25. The zero-order valence-electron chi connectivity index (χ0n) is 9.37. The summed E-state index contributed by atoms with van der Waals surface area (Å²) in [6.45, 7) is 1.55. The quantitative estimate of drug-likeness (QED) is 0.770. The average molecular weight is 253 g/mol. The summed E-state index contributed by atoms with van der Waals surface area (Å²) in [5, 5.41) is -0.171. The van der Waals surface area contributed by atoms with Gasteiger partial charge in [-0.3, -0.25) is 0 Å². The molecule has 0 atom stereocenters. The number of rotatable bonds is 2. The number of hydrogen-bond acceptors (Lipinski definition) is 3. The van der Waals surface area contributed by atoms with E-state index in [0.29, 0.717) is 11.6 Å². The highest BCUT2D eigenvalue weighted by atomic mass is 35.5. The van der Waals surface area contributed by atoms with E-state index in [4.69, 9.17) is 16.3 Å². The van der Waals surface area contributed by atoms with Crippen molar-refractivity contribution in [3.8, 4) is 17.1 Å². The van der Waals surface area contributed by atoms with Crippen LogP contribution in [0.1, 0.15) is 5.69 Å². The smallest absolute Gasteiger partial charge is 0.181 e. The van der Waals surface area contributed by atoms with Crippen LogP contribution in [-0.4, -0.2) is 17.1 Å². The molecular weight excluding hydrogens is 243 g/mol. The van der Waals surface area contributed by atoms with Gasteiger partial charge in [0.25, 0.3) is 0 Å². The number of benzene rings is 1. The first-order valence-corrected chi connectivity index (χ1v) is 5.33. The van der Waals surface area contributed by atoms with Gasteiger partial charge < -0.3 is 4.74 Å². The lowest BCUT2D eigenvalue weighted by molar-refractivity contribution is 0.415. The monoisotopic (exact) mass is 252 g/mol. The molecule has 0 spiro atoms. The van der Waals surface area contributed by atoms with E-state index in [1.54, 1.807) is 20.1 Å². The van der Waals surface area contributed by atoms with Gasteiger partial charge in [-0.15, -0.1) is 0 Å². The summed E-state index contributed by atoms with van der Waals surface area (Å²) in [5.74, 6) is 0.482. The summed E-state index contributed by atoms with van der Waals surface area (Å²) in [6, 6.07) is 7.19. The Morgan fingerprint density at radius 2 is 2.06 bits per heavy atom. The van der Waals surface area contributed by atoms with Crippen LogP contribution in [0.5, 0.6) is 5.75 Å². The van der Waals surface area contributed by atoms with E-state index < -0.39 is 5.82 Å². The summed E-state index contributed by atoms with van der Waals surface area (Å²) >= 11 is 5.69. The zero-order chi connectivity index (χ0) is 12.4. The maximum Gasteiger partial charge on any atom is 0.181 e. The Hall–Kier alpha value is -1.68. The van der Waals surface area contributed by atoms with Crippen LogP contribution in [0.25, 0.3) is 11.4 Å². The molecule has 5 heteroatoms. The van der Waals surface area contributed by atoms with E-state index in [2.05, 4.69) is 9.97 Å². The number of halogens is 2. The lowest BCUT2D eigenvalue weighted by Gasteiger charge is -2.05. The highest BCUT2D eigenvalue weighted by Gasteiger charge is 2.11. The molecule has 1 aromatic heterocycles. The van der Waals surface area contributed by atoms with Crippen LogP contribution in [0, 0.1) is 12.7 Å². The molecule has 0 unspecified atom stereocenters. The van der Waals surface area contributed by atoms with Crippen LogP contribution < -0.4 is 4.74 Å². The maximum atomic E-state index is 13.3. The first kappa shape index (κ1) is 11.8. The molecule has 0 bridgehead atoms. The van der Waals surface area contributed by atoms with E-state index in [-0.39, 0.29) is 10.8 Å². The second-order valence-electron chi connectivity index (χ2n) is 3.47. The van der Waals surface area contributed by atoms with E-state index in [1.807, 2.05) is 18.2 Å². The summed E-state index contributed by atoms with van der Waals surface area (Å²) in [7, 11) is 1.57. The Kier molecular flexibility index (Phi) is 3.24. The Labute approximate surface area is 103 Å². The van der Waals surface area contributed by atoms with Crippen molar-refractivity contribution in [3.05, 3.63) is 40.9 Å². The number of aromatic nitrogens is 2. The lowest BCUT2D eigenvalue weighted by Crippen LogP contribution is -1.97. The van der Waals surface area contributed by atoms with Crippen molar-refractivity contribution in [2.75, 3.05) is 7.11 Å². The van der Waals surface area contributed by atoms with Gasteiger partial charge in [-0.25, -0.2) is 14.4 Å². The summed E-state index contributed by atoms with van der Waals surface area (Å²) in [6.07, 6.45) is 0. The Bertz CT molecular complexity index is 537. The normalized spacial score (nSPS) is 10.4. The van der Waals surface area contributed by atoms with Gasteiger partial charge in [0.2, 0.25) is 0 Å². The third-order valence-corrected chi connectivity index (χ3v) is 2.55. The van der Waals surface area contributed by atoms with Gasteiger partial charge in [0.05, 0.1) is 12.8 Å². The molecule has 0 aliphatic heterocycles. The van der Waals surface area contributed by atoms with Crippen molar-refractivity contribution in [2.24, 2.45) is 0 Å². The van der Waals surface area contributed by atoms with E-state index in [0.717, 1.165) is 5.56 Å². The number of ether oxygens (including phenoxy) is 1. The van der Waals surface area contributed by atoms with Crippen molar-refractivity contribution in [3.63, 3.8) is 0 Å². The number of hydrogen-bond donors (Lipinski definition) is 0. The highest BCUT2D eigenvalue weighted by molar-refractivity contribution is 6.29. The molecule has 0 radical (unpaired) electrons. The zero-order valence-corrected chi connectivity index (χ0v) is 10.1. The minimum atomic E-state index is -0.585. The van der Waals surface area contributed by atoms with Crippen LogP contribution in [0.3, 0.4) is 0 Å². The van der Waals surface area contributed by atoms with Gasteiger partial charge >= 0.3 is 0 Å². The minimum absolute atomic E-state index is 0.171. The maximum absolute atomic E-state index is 13.3. The van der Waals surface area contributed by atoms with Gasteiger partial charge in [0, 0.05) is 5.56 Å². The van der Waals surface area contributed by atoms with Gasteiger partial charge in [-0.2, -0.15) is 0 Å². The molecule has 0 aliphatic rings. The Morgan fingerprint density at radius 3 is 2.71 bits per heavy atom. The molecule has 0 saturated carbocycles. The second kappa shape index (κ2) is 4.67. The van der Waals surface area contributed by atoms with E-state index in [9.17, 15) is 4.39 Å². The Morgan fingerprint density at radius 1 is 1.29 bits per heavy atom. The molecular formula is C12H10ClFN2O. The highest BCUT2D eigenvalue weighted by Crippen LogP contribution is 2.23. The molecule has 0 aliphatic carbocycles. The molecule has 1 heterocycles. The fourth-order valence-corrected chi connectivity index (χ4v) is 1.63. The molecule has 0 N–H and O–H groups in total. The van der Waals surface area contributed by atoms with Crippen LogP contribution in [0.4, 0.5) is 4.39 Å². The molecule has 1 aromatic carbocycles. The van der Waals surface area contributed by atoms with Crippen molar-refractivity contribution in [1.82, 2.24) is 9.97 Å². The molecule has 3 nitrogen and oxygen atoms in total.